The van der Waals surface area contributed by atoms with Crippen molar-refractivity contribution in [3.63, 3.8) is 0 Å². The second kappa shape index (κ2) is 13.1. The molecule has 0 saturated heterocycles. The van der Waals surface area contributed by atoms with E-state index in [0.717, 1.165) is 0 Å². The molecule has 0 radical (unpaired) electrons. The number of aliphatic carboxylic acids is 1. The topological polar surface area (TPSA) is 151 Å². The van der Waals surface area contributed by atoms with Gasteiger partial charge in [0.05, 0.1) is 6.04 Å². The van der Waals surface area contributed by atoms with Gasteiger partial charge in [-0.15, -0.1) is 0 Å². The molecule has 0 aromatic carbocycles. The van der Waals surface area contributed by atoms with Crippen molar-refractivity contribution in [3.05, 3.63) is 0 Å². The summed E-state index contributed by atoms with van der Waals surface area (Å²) in [4.78, 5) is 46.4. The Balaban J connectivity index is 4.66. The zero-order valence-electron chi connectivity index (χ0n) is 13.7. The molecule has 3 amide bonds. The Kier molecular flexibility index (Phi) is 12.6. The highest BCUT2D eigenvalue weighted by Crippen LogP contribution is 2.00. The lowest BCUT2D eigenvalue weighted by molar-refractivity contribution is -0.138. The fourth-order valence-electron chi connectivity index (χ4n) is 1.60. The summed E-state index contributed by atoms with van der Waals surface area (Å²) >= 11 is 9.53. The summed E-state index contributed by atoms with van der Waals surface area (Å²) in [5, 5.41) is 15.6. The summed E-state index contributed by atoms with van der Waals surface area (Å²) in [6.07, 6.45) is 2.35. The fraction of sp³-hybridized carbons (Fsp3) is 0.692. The van der Waals surface area contributed by atoms with E-state index in [4.69, 9.17) is 10.8 Å². The van der Waals surface area contributed by atoms with E-state index in [2.05, 4.69) is 41.2 Å². The molecular weight excluding hydrogens is 388 g/mol. The lowest BCUT2D eigenvalue weighted by Gasteiger charge is -2.22. The normalized spacial score (nSPS) is 14.1. The first kappa shape index (κ1) is 23.9. The summed E-state index contributed by atoms with van der Waals surface area (Å²) in [6.45, 7) is -0.573. The van der Waals surface area contributed by atoms with Crippen molar-refractivity contribution in [1.29, 1.82) is 0 Å². The number of rotatable bonds is 12. The van der Waals surface area contributed by atoms with Crippen LogP contribution in [0, 0.1) is 0 Å². The van der Waals surface area contributed by atoms with Gasteiger partial charge in [-0.2, -0.15) is 37.0 Å². The molecule has 9 nitrogen and oxygen atoms in total. The number of carbonyl (C=O) groups is 4. The minimum Gasteiger partial charge on any atom is -0.480 e. The van der Waals surface area contributed by atoms with Gasteiger partial charge in [0.15, 0.2) is 0 Å². The fourth-order valence-corrected chi connectivity index (χ4v) is 2.60. The van der Waals surface area contributed by atoms with Gasteiger partial charge in [0.2, 0.25) is 17.7 Å². The Bertz CT molecular complexity index is 481. The van der Waals surface area contributed by atoms with Crippen LogP contribution in [0.25, 0.3) is 0 Å². The number of carboxylic acids is 1. The van der Waals surface area contributed by atoms with Gasteiger partial charge in [0.1, 0.15) is 18.6 Å². The minimum atomic E-state index is -1.21. The number of carboxylic acid groups (broad SMARTS) is 1. The van der Waals surface area contributed by atoms with Gasteiger partial charge >= 0.3 is 5.97 Å². The molecule has 144 valence electrons. The van der Waals surface area contributed by atoms with Crippen LogP contribution in [0.4, 0.5) is 0 Å². The van der Waals surface area contributed by atoms with Gasteiger partial charge < -0.3 is 26.8 Å². The van der Waals surface area contributed by atoms with Crippen LogP contribution in [-0.2, 0) is 19.2 Å². The highest BCUT2D eigenvalue weighted by atomic mass is 32.2. The number of carbonyl (C=O) groups excluding carboxylic acids is 3. The largest absolute Gasteiger partial charge is 0.480 e. The first-order valence-corrected chi connectivity index (χ1v) is 9.99. The van der Waals surface area contributed by atoms with E-state index in [1.807, 2.05) is 6.26 Å². The Morgan fingerprint density at radius 2 is 1.56 bits per heavy atom. The zero-order chi connectivity index (χ0) is 19.4. The van der Waals surface area contributed by atoms with Crippen LogP contribution >= 0.6 is 37.0 Å². The molecule has 3 unspecified atom stereocenters. The Morgan fingerprint density at radius 1 is 1.04 bits per heavy atom. The number of nitrogens with two attached hydrogens (primary N) is 1. The zero-order valence-corrected chi connectivity index (χ0v) is 16.3. The molecule has 0 aromatic rings. The Morgan fingerprint density at radius 3 is 2.04 bits per heavy atom. The van der Waals surface area contributed by atoms with Gasteiger partial charge in [0.25, 0.3) is 0 Å². The molecule has 3 atom stereocenters. The van der Waals surface area contributed by atoms with E-state index >= 15 is 0 Å². The maximum absolute atomic E-state index is 12.2. The summed E-state index contributed by atoms with van der Waals surface area (Å²) in [5.74, 6) is -2.35. The number of thiol groups is 2. The molecule has 0 aliphatic carbocycles. The minimum absolute atomic E-state index is 0.00283. The molecule has 6 N–H and O–H groups in total. The summed E-state index contributed by atoms with van der Waals surface area (Å²) in [7, 11) is 0. The van der Waals surface area contributed by atoms with Crippen LogP contribution in [0.3, 0.4) is 0 Å². The maximum atomic E-state index is 12.2. The van der Waals surface area contributed by atoms with Crippen LogP contribution in [0.1, 0.15) is 6.42 Å². The summed E-state index contributed by atoms with van der Waals surface area (Å²) in [6, 6.07) is -2.77. The van der Waals surface area contributed by atoms with Crippen LogP contribution < -0.4 is 21.7 Å². The predicted molar refractivity (Wildman–Crippen MR) is 103 cm³/mol. The Hall–Kier alpha value is -1.11. The predicted octanol–water partition coefficient (Wildman–Crippen LogP) is -1.90. The standard InChI is InChI=1S/C13H24N4O5S3/c1-25-3-2-7(14)11(20)16-9(6-24)13(22)17-8(5-23)12(21)15-4-10(18)19/h7-9,23-24H,2-6,14H2,1H3,(H,15,21)(H,16,20)(H,17,22)(H,18,19). The smallest absolute Gasteiger partial charge is 0.322 e. The summed E-state index contributed by atoms with van der Waals surface area (Å²) in [5.41, 5.74) is 5.74. The molecule has 25 heavy (non-hydrogen) atoms. The number of thioether (sulfide) groups is 1. The molecule has 0 rings (SSSR count). The lowest BCUT2D eigenvalue weighted by Crippen LogP contribution is -2.57. The molecule has 0 aliphatic heterocycles. The monoisotopic (exact) mass is 412 g/mol. The highest BCUT2D eigenvalue weighted by molar-refractivity contribution is 7.98. The highest BCUT2D eigenvalue weighted by Gasteiger charge is 2.26. The van der Waals surface area contributed by atoms with E-state index in [0.29, 0.717) is 12.2 Å². The van der Waals surface area contributed by atoms with Gasteiger partial charge in [0, 0.05) is 11.5 Å². The third-order valence-corrected chi connectivity index (χ3v) is 4.39. The van der Waals surface area contributed by atoms with Gasteiger partial charge in [-0.25, -0.2) is 0 Å². The number of hydrogen-bond donors (Lipinski definition) is 7. The van der Waals surface area contributed by atoms with Crippen molar-refractivity contribution in [2.75, 3.05) is 30.1 Å². The van der Waals surface area contributed by atoms with Crippen molar-refractivity contribution in [3.8, 4) is 0 Å². The second-order valence-electron chi connectivity index (χ2n) is 4.99. The third kappa shape index (κ3) is 9.82. The molecule has 12 heteroatoms. The maximum Gasteiger partial charge on any atom is 0.322 e. The molecular formula is C13H24N4O5S3. The van der Waals surface area contributed by atoms with Crippen molar-refractivity contribution in [1.82, 2.24) is 16.0 Å². The van der Waals surface area contributed by atoms with Crippen LogP contribution in [0.15, 0.2) is 0 Å². The average molecular weight is 413 g/mol. The summed E-state index contributed by atoms with van der Waals surface area (Å²) < 4.78 is 0. The quantitative estimate of drug-likeness (QED) is 0.185. The van der Waals surface area contributed by atoms with Crippen molar-refractivity contribution in [2.24, 2.45) is 5.73 Å². The molecule has 0 aliphatic rings. The first-order chi connectivity index (χ1) is 11.8. The number of amides is 3. The second-order valence-corrected chi connectivity index (χ2v) is 6.70. The first-order valence-electron chi connectivity index (χ1n) is 7.33. The van der Waals surface area contributed by atoms with Gasteiger partial charge in [-0.1, -0.05) is 0 Å². The third-order valence-electron chi connectivity index (χ3n) is 3.01. The van der Waals surface area contributed by atoms with Crippen LogP contribution in [0.2, 0.25) is 0 Å². The van der Waals surface area contributed by atoms with Crippen LogP contribution in [-0.4, -0.2) is 77.0 Å². The van der Waals surface area contributed by atoms with Crippen LogP contribution in [0.5, 0.6) is 0 Å². The van der Waals surface area contributed by atoms with E-state index in [1.165, 1.54) is 0 Å². The van der Waals surface area contributed by atoms with Crippen molar-refractivity contribution >= 4 is 60.7 Å². The van der Waals surface area contributed by atoms with Crippen molar-refractivity contribution in [2.45, 2.75) is 24.5 Å². The van der Waals surface area contributed by atoms with E-state index in [-0.39, 0.29) is 11.5 Å². The van der Waals surface area contributed by atoms with Crippen molar-refractivity contribution < 1.29 is 24.3 Å². The number of hydrogen-bond acceptors (Lipinski definition) is 8. The molecule has 0 bridgehead atoms. The number of nitrogens with one attached hydrogen (secondary N) is 3. The molecule has 0 spiro atoms. The van der Waals surface area contributed by atoms with E-state index in [1.54, 1.807) is 11.8 Å². The van der Waals surface area contributed by atoms with Gasteiger partial charge in [-0.3, -0.25) is 19.2 Å². The van der Waals surface area contributed by atoms with E-state index in [9.17, 15) is 19.2 Å². The van der Waals surface area contributed by atoms with E-state index < -0.39 is 48.4 Å². The molecule has 0 aromatic heterocycles. The molecule has 0 saturated carbocycles. The SMILES string of the molecule is CSCCC(N)C(=O)NC(CS)C(=O)NC(CS)C(=O)NCC(=O)O. The molecule has 0 fully saturated rings. The average Bonchev–Trinajstić information content (AvgIpc) is 2.59. The Labute approximate surface area is 161 Å². The molecule has 0 heterocycles. The van der Waals surface area contributed by atoms with Gasteiger partial charge in [-0.05, 0) is 18.4 Å². The lowest BCUT2D eigenvalue weighted by atomic mass is 10.2.